The molecule has 0 saturated heterocycles. The molecule has 28 heavy (non-hydrogen) atoms. The Morgan fingerprint density at radius 1 is 1.07 bits per heavy atom. The lowest BCUT2D eigenvalue weighted by atomic mass is 10.3. The molecule has 3 rings (SSSR count). The highest BCUT2D eigenvalue weighted by molar-refractivity contribution is 5.92. The van der Waals surface area contributed by atoms with Crippen LogP contribution < -0.4 is 15.8 Å². The summed E-state index contributed by atoms with van der Waals surface area (Å²) in [6, 6.07) is 12.7. The first-order chi connectivity index (χ1) is 13.3. The lowest BCUT2D eigenvalue weighted by molar-refractivity contribution is -0.274. The third kappa shape index (κ3) is 5.47. The zero-order chi connectivity index (χ0) is 20.1. The number of aliphatic imine (C=N–C) groups is 1. The van der Waals surface area contributed by atoms with Crippen molar-refractivity contribution in [3.05, 3.63) is 72.3 Å². The topological polar surface area (TPSA) is 77.5 Å². The summed E-state index contributed by atoms with van der Waals surface area (Å²) in [5.41, 5.74) is 7.56. The first-order valence-electron chi connectivity index (χ1n) is 8.02. The first kappa shape index (κ1) is 19.2. The molecule has 1 heterocycles. The number of benzene rings is 2. The van der Waals surface area contributed by atoms with Crippen molar-refractivity contribution >= 4 is 11.6 Å². The second kappa shape index (κ2) is 7.99. The minimum atomic E-state index is -4.74. The van der Waals surface area contributed by atoms with E-state index >= 15 is 0 Å². The van der Waals surface area contributed by atoms with Crippen molar-refractivity contribution in [1.82, 2.24) is 9.78 Å². The van der Waals surface area contributed by atoms with Crippen LogP contribution in [-0.4, -0.2) is 22.1 Å². The van der Waals surface area contributed by atoms with Gasteiger partial charge in [-0.3, -0.25) is 0 Å². The van der Waals surface area contributed by atoms with Crippen LogP contribution in [0.15, 0.2) is 65.8 Å². The number of ether oxygens (including phenoxy) is 1. The summed E-state index contributed by atoms with van der Waals surface area (Å²) in [7, 11) is 0. The highest BCUT2D eigenvalue weighted by atomic mass is 19.4. The summed E-state index contributed by atoms with van der Waals surface area (Å²) in [6.07, 6.45) is -3.03. The molecule has 0 aliphatic rings. The number of hydrogen-bond acceptors (Lipinski definition) is 3. The molecule has 0 atom stereocenters. The van der Waals surface area contributed by atoms with Crippen LogP contribution in [0.1, 0.15) is 5.69 Å². The van der Waals surface area contributed by atoms with E-state index in [4.69, 9.17) is 5.73 Å². The summed E-state index contributed by atoms with van der Waals surface area (Å²) in [5.74, 6) is -0.599. The van der Waals surface area contributed by atoms with E-state index in [1.165, 1.54) is 24.3 Å². The van der Waals surface area contributed by atoms with Crippen molar-refractivity contribution in [1.29, 1.82) is 0 Å². The Morgan fingerprint density at radius 2 is 1.75 bits per heavy atom. The Kier molecular flexibility index (Phi) is 5.48. The Labute approximate surface area is 157 Å². The van der Waals surface area contributed by atoms with Crippen molar-refractivity contribution in [2.45, 2.75) is 12.9 Å². The van der Waals surface area contributed by atoms with Crippen LogP contribution in [0, 0.1) is 5.82 Å². The largest absolute Gasteiger partial charge is 0.573 e. The molecule has 10 heteroatoms. The van der Waals surface area contributed by atoms with Gasteiger partial charge >= 0.3 is 6.36 Å². The number of nitrogens with zero attached hydrogens (tertiary/aromatic N) is 3. The molecule has 0 bridgehead atoms. The molecule has 0 radical (unpaired) electrons. The van der Waals surface area contributed by atoms with E-state index in [2.05, 4.69) is 20.1 Å². The van der Waals surface area contributed by atoms with Gasteiger partial charge in [-0.2, -0.15) is 5.10 Å². The second-order valence-corrected chi connectivity index (χ2v) is 5.63. The van der Waals surface area contributed by atoms with Crippen LogP contribution in [0.5, 0.6) is 5.75 Å². The molecule has 3 aromatic rings. The fraction of sp³-hybridized carbons (Fsp3) is 0.111. The van der Waals surface area contributed by atoms with Gasteiger partial charge in [0, 0.05) is 11.9 Å². The highest BCUT2D eigenvalue weighted by Gasteiger charge is 2.30. The quantitative estimate of drug-likeness (QED) is 0.392. The van der Waals surface area contributed by atoms with E-state index in [1.807, 2.05) is 0 Å². The van der Waals surface area contributed by atoms with E-state index < -0.39 is 6.36 Å². The van der Waals surface area contributed by atoms with Crippen molar-refractivity contribution in [3.8, 4) is 11.4 Å². The number of hydrogen-bond donors (Lipinski definition) is 2. The molecular weight excluding hydrogens is 378 g/mol. The fourth-order valence-electron chi connectivity index (χ4n) is 2.28. The van der Waals surface area contributed by atoms with Gasteiger partial charge in [0.05, 0.1) is 17.9 Å². The zero-order valence-electron chi connectivity index (χ0n) is 14.3. The molecule has 1 aromatic heterocycles. The third-order valence-electron chi connectivity index (χ3n) is 3.51. The summed E-state index contributed by atoms with van der Waals surface area (Å²) in [5, 5.41) is 7.08. The normalized spacial score (nSPS) is 12.1. The molecule has 0 aliphatic heterocycles. The Bertz CT molecular complexity index is 949. The van der Waals surface area contributed by atoms with Crippen molar-refractivity contribution in [3.63, 3.8) is 0 Å². The molecule has 6 nitrogen and oxygen atoms in total. The van der Waals surface area contributed by atoms with Gasteiger partial charge in [-0.05, 0) is 54.6 Å². The lowest BCUT2D eigenvalue weighted by Crippen LogP contribution is -2.22. The van der Waals surface area contributed by atoms with E-state index in [1.54, 1.807) is 29.1 Å². The molecule has 0 amide bonds. The molecule has 0 aliphatic carbocycles. The van der Waals surface area contributed by atoms with Gasteiger partial charge in [-0.15, -0.1) is 13.2 Å². The lowest BCUT2D eigenvalue weighted by Gasteiger charge is -2.10. The van der Waals surface area contributed by atoms with Crippen molar-refractivity contribution in [2.24, 2.45) is 10.7 Å². The Balaban J connectivity index is 1.58. The SMILES string of the molecule is NC(=NCc1ccn(-c2ccc(F)cc2)n1)Nc1ccc(OC(F)(F)F)cc1. The van der Waals surface area contributed by atoms with Crippen LogP contribution in [0.4, 0.5) is 23.2 Å². The molecule has 146 valence electrons. The van der Waals surface area contributed by atoms with E-state index in [-0.39, 0.29) is 24.1 Å². The van der Waals surface area contributed by atoms with Gasteiger partial charge in [0.2, 0.25) is 0 Å². The number of rotatable bonds is 5. The van der Waals surface area contributed by atoms with Gasteiger partial charge in [-0.1, -0.05) is 0 Å². The molecule has 2 aromatic carbocycles. The minimum absolute atomic E-state index is 0.0702. The number of aromatic nitrogens is 2. The number of anilines is 1. The second-order valence-electron chi connectivity index (χ2n) is 5.63. The highest BCUT2D eigenvalue weighted by Crippen LogP contribution is 2.23. The fourth-order valence-corrected chi connectivity index (χ4v) is 2.28. The number of nitrogens with one attached hydrogen (secondary N) is 1. The zero-order valence-corrected chi connectivity index (χ0v) is 14.3. The number of nitrogens with two attached hydrogens (primary N) is 1. The Morgan fingerprint density at radius 3 is 2.39 bits per heavy atom. The van der Waals surface area contributed by atoms with Crippen molar-refractivity contribution in [2.75, 3.05) is 5.32 Å². The maximum absolute atomic E-state index is 13.0. The average molecular weight is 393 g/mol. The monoisotopic (exact) mass is 393 g/mol. The average Bonchev–Trinajstić information content (AvgIpc) is 3.10. The van der Waals surface area contributed by atoms with Crippen LogP contribution in [-0.2, 0) is 6.54 Å². The predicted octanol–water partition coefficient (Wildman–Crippen LogP) is 3.84. The molecule has 0 saturated carbocycles. The minimum Gasteiger partial charge on any atom is -0.406 e. The summed E-state index contributed by atoms with van der Waals surface area (Å²) in [6.45, 7) is 0.183. The number of alkyl halides is 3. The van der Waals surface area contributed by atoms with Crippen LogP contribution in [0.3, 0.4) is 0 Å². The molecular formula is C18H15F4N5O. The standard InChI is InChI=1S/C18H15F4N5O/c19-12-1-5-15(6-2-12)27-10-9-14(26-27)11-24-17(23)25-13-3-7-16(8-4-13)28-18(20,21)22/h1-10H,11H2,(H3,23,24,25). The maximum atomic E-state index is 13.0. The van der Waals surface area contributed by atoms with Crippen LogP contribution in [0.2, 0.25) is 0 Å². The summed E-state index contributed by atoms with van der Waals surface area (Å²) >= 11 is 0. The number of halogens is 4. The van der Waals surface area contributed by atoms with Crippen molar-refractivity contribution < 1.29 is 22.3 Å². The number of guanidine groups is 1. The Hall–Kier alpha value is -3.56. The summed E-state index contributed by atoms with van der Waals surface area (Å²) < 4.78 is 54.8. The molecule has 0 unspecified atom stereocenters. The van der Waals surface area contributed by atoms with Gasteiger partial charge in [0.15, 0.2) is 5.96 Å². The van der Waals surface area contributed by atoms with E-state index in [9.17, 15) is 17.6 Å². The predicted molar refractivity (Wildman–Crippen MR) is 95.6 cm³/mol. The smallest absolute Gasteiger partial charge is 0.406 e. The third-order valence-corrected chi connectivity index (χ3v) is 3.51. The van der Waals surface area contributed by atoms with Crippen LogP contribution in [0.25, 0.3) is 5.69 Å². The van der Waals surface area contributed by atoms with Gasteiger partial charge in [0.25, 0.3) is 0 Å². The molecule has 0 fully saturated rings. The molecule has 3 N–H and O–H groups in total. The summed E-state index contributed by atoms with van der Waals surface area (Å²) in [4.78, 5) is 4.13. The maximum Gasteiger partial charge on any atom is 0.573 e. The van der Waals surface area contributed by atoms with Gasteiger partial charge in [-0.25, -0.2) is 14.1 Å². The first-order valence-corrected chi connectivity index (χ1v) is 8.02. The van der Waals surface area contributed by atoms with E-state index in [0.717, 1.165) is 12.1 Å². The van der Waals surface area contributed by atoms with Gasteiger partial charge < -0.3 is 15.8 Å². The van der Waals surface area contributed by atoms with Crippen LogP contribution >= 0.6 is 0 Å². The molecule has 0 spiro atoms. The van der Waals surface area contributed by atoms with Gasteiger partial charge in [0.1, 0.15) is 11.6 Å². The van der Waals surface area contributed by atoms with E-state index in [0.29, 0.717) is 17.1 Å².